The van der Waals surface area contributed by atoms with Crippen LogP contribution in [0.15, 0.2) is 193 Å². The van der Waals surface area contributed by atoms with Crippen molar-refractivity contribution in [3.05, 3.63) is 233 Å². The fraction of sp³-hybridized carbons (Fsp3) is 0.218. The molecule has 1 heterocycles. The quantitative estimate of drug-likeness (QED) is 0.0786. The van der Waals surface area contributed by atoms with E-state index < -0.39 is 28.3 Å². The van der Waals surface area contributed by atoms with E-state index in [9.17, 15) is 18.3 Å². The van der Waals surface area contributed by atoms with Crippen LogP contribution in [0.4, 0.5) is 0 Å². The fourth-order valence-electron chi connectivity index (χ4n) is 8.28. The summed E-state index contributed by atoms with van der Waals surface area (Å²) in [6.07, 6.45) is -0.190. The Kier molecular flexibility index (Phi) is 15.1. The molecule has 65 heavy (non-hydrogen) atoms. The van der Waals surface area contributed by atoms with Crippen molar-refractivity contribution in [2.75, 3.05) is 6.54 Å². The van der Waals surface area contributed by atoms with Gasteiger partial charge in [-0.2, -0.15) is 4.72 Å². The van der Waals surface area contributed by atoms with E-state index in [4.69, 9.17) is 9.47 Å². The van der Waals surface area contributed by atoms with Gasteiger partial charge in [-0.15, -0.1) is 0 Å². The van der Waals surface area contributed by atoms with Gasteiger partial charge in [0.05, 0.1) is 23.7 Å². The van der Waals surface area contributed by atoms with E-state index in [2.05, 4.69) is 63.5 Å². The predicted molar refractivity (Wildman–Crippen MR) is 255 cm³/mol. The van der Waals surface area contributed by atoms with Crippen molar-refractivity contribution in [2.24, 2.45) is 0 Å². The van der Waals surface area contributed by atoms with E-state index >= 15 is 0 Å². The monoisotopic (exact) mass is 885 g/mol. The number of aliphatic hydroxyl groups is 1. The molecule has 1 fully saturated rings. The van der Waals surface area contributed by atoms with E-state index in [-0.39, 0.29) is 36.7 Å². The van der Waals surface area contributed by atoms with E-state index in [1.54, 1.807) is 24.3 Å². The van der Waals surface area contributed by atoms with Crippen molar-refractivity contribution in [2.45, 2.75) is 75.4 Å². The minimum Gasteiger partial charge on any atom is -0.392 e. The third-order valence-corrected chi connectivity index (χ3v) is 13.3. The molecule has 7 aromatic rings. The molecule has 7 aromatic carbocycles. The molecule has 1 amide bonds. The van der Waals surface area contributed by atoms with Crippen LogP contribution in [0.1, 0.15) is 63.3 Å². The number of nitrogens with zero attached hydrogens (tertiary/aromatic N) is 1. The molecule has 0 aromatic heterocycles. The highest BCUT2D eigenvalue weighted by molar-refractivity contribution is 7.89. The first-order chi connectivity index (χ1) is 31.7. The van der Waals surface area contributed by atoms with Crippen LogP contribution in [-0.4, -0.2) is 43.0 Å². The molecule has 1 aliphatic rings. The molecule has 0 aliphatic carbocycles. The molecule has 1 aliphatic heterocycles. The fourth-order valence-corrected chi connectivity index (χ4v) is 9.48. The summed E-state index contributed by atoms with van der Waals surface area (Å²) >= 11 is 0. The molecule has 332 valence electrons. The number of nitrogens with one attached hydrogen (secondary N) is 2. The molecular weight excluding hydrogens is 831 g/mol. The van der Waals surface area contributed by atoms with Crippen molar-refractivity contribution < 1.29 is 27.8 Å². The second-order valence-electron chi connectivity index (χ2n) is 16.7. The Morgan fingerprint density at radius 3 is 1.85 bits per heavy atom. The van der Waals surface area contributed by atoms with Crippen LogP contribution >= 0.6 is 0 Å². The van der Waals surface area contributed by atoms with E-state index in [1.165, 1.54) is 11.1 Å². The lowest BCUT2D eigenvalue weighted by atomic mass is 9.97. The van der Waals surface area contributed by atoms with Crippen LogP contribution < -0.4 is 10.0 Å². The zero-order valence-corrected chi connectivity index (χ0v) is 37.3. The van der Waals surface area contributed by atoms with Crippen LogP contribution in [-0.2, 0) is 57.0 Å². The summed E-state index contributed by atoms with van der Waals surface area (Å²) in [5.74, 6) is -0.428. The van der Waals surface area contributed by atoms with Gasteiger partial charge in [0, 0.05) is 38.2 Å². The predicted octanol–water partition coefficient (Wildman–Crippen LogP) is 9.61. The SMILES string of the molecule is Cc1ccc(S(=O)(=O)NC(Cc2ccccc2)C(=O)NCc2ccccc2-c2ccc(C3OC(CN(Cc4ccccc4)Cc4ccccc4)CC(c4ccc(CO)cc4)O3)cc2)cc1. The average molecular weight is 886 g/mol. The molecule has 8 rings (SSSR count). The van der Waals surface area contributed by atoms with Gasteiger partial charge in [-0.1, -0.05) is 181 Å². The van der Waals surface area contributed by atoms with Gasteiger partial charge in [-0.3, -0.25) is 9.69 Å². The molecule has 0 radical (unpaired) electrons. The number of aryl methyl sites for hydroxylation is 1. The number of aliphatic hydroxyl groups excluding tert-OH is 1. The Bertz CT molecular complexity index is 2660. The first kappa shape index (κ1) is 45.3. The minimum atomic E-state index is -3.99. The van der Waals surface area contributed by atoms with Gasteiger partial charge in [-0.05, 0) is 70.0 Å². The first-order valence-corrected chi connectivity index (χ1v) is 23.6. The van der Waals surface area contributed by atoms with Crippen LogP contribution in [0.5, 0.6) is 0 Å². The third-order valence-electron chi connectivity index (χ3n) is 11.8. The molecule has 0 spiro atoms. The Labute approximate surface area is 382 Å². The van der Waals surface area contributed by atoms with Crippen LogP contribution in [0.2, 0.25) is 0 Å². The topological polar surface area (TPSA) is 117 Å². The number of ether oxygens (including phenoxy) is 2. The number of benzene rings is 7. The van der Waals surface area contributed by atoms with Crippen molar-refractivity contribution in [3.8, 4) is 11.1 Å². The van der Waals surface area contributed by atoms with E-state index in [0.717, 1.165) is 57.6 Å². The molecule has 0 bridgehead atoms. The summed E-state index contributed by atoms with van der Waals surface area (Å²) in [6, 6.07) is 59.9. The number of rotatable bonds is 18. The van der Waals surface area contributed by atoms with Gasteiger partial charge in [0.25, 0.3) is 0 Å². The standard InChI is InChI=1S/C55H55N3O6S/c1-40-21-31-50(32-22-40)65(61,62)57-52(33-41-13-5-2-6-14-41)54(60)56-35-48-19-11-12-20-51(48)45-27-29-47(30-28-45)55-63-49(34-53(64-55)46-25-23-44(39-59)24-26-46)38-58(36-42-15-7-3-8-16-42)37-43-17-9-4-10-18-43/h2-32,49,52-53,55,57,59H,33-39H2,1H3,(H,56,60). The second-order valence-corrected chi connectivity index (χ2v) is 18.4. The average Bonchev–Trinajstić information content (AvgIpc) is 3.34. The zero-order valence-electron chi connectivity index (χ0n) is 36.5. The summed E-state index contributed by atoms with van der Waals surface area (Å²) in [5, 5.41) is 12.8. The maximum atomic E-state index is 13.9. The Balaban J connectivity index is 1.00. The Hall–Kier alpha value is -6.24. The Morgan fingerprint density at radius 2 is 1.23 bits per heavy atom. The highest BCUT2D eigenvalue weighted by Crippen LogP contribution is 2.39. The Morgan fingerprint density at radius 1 is 0.662 bits per heavy atom. The number of hydrogen-bond donors (Lipinski definition) is 3. The van der Waals surface area contributed by atoms with Gasteiger partial charge >= 0.3 is 0 Å². The zero-order chi connectivity index (χ0) is 45.0. The van der Waals surface area contributed by atoms with Crippen LogP contribution in [0.3, 0.4) is 0 Å². The van der Waals surface area contributed by atoms with Crippen LogP contribution in [0, 0.1) is 6.92 Å². The van der Waals surface area contributed by atoms with Gasteiger partial charge in [0.2, 0.25) is 15.9 Å². The highest BCUT2D eigenvalue weighted by Gasteiger charge is 2.33. The first-order valence-electron chi connectivity index (χ1n) is 22.1. The summed E-state index contributed by atoms with van der Waals surface area (Å²) in [4.78, 5) is 16.4. The lowest BCUT2D eigenvalue weighted by Crippen LogP contribution is -2.47. The summed E-state index contributed by atoms with van der Waals surface area (Å²) in [6.45, 7) is 4.27. The number of hydrogen-bond acceptors (Lipinski definition) is 7. The molecule has 3 N–H and O–H groups in total. The molecule has 10 heteroatoms. The van der Waals surface area contributed by atoms with Gasteiger partial charge in [0.1, 0.15) is 6.04 Å². The van der Waals surface area contributed by atoms with Gasteiger partial charge in [0.15, 0.2) is 6.29 Å². The molecular formula is C55H55N3O6S. The molecule has 4 unspecified atom stereocenters. The van der Waals surface area contributed by atoms with Crippen molar-refractivity contribution >= 4 is 15.9 Å². The lowest BCUT2D eigenvalue weighted by Gasteiger charge is -2.38. The van der Waals surface area contributed by atoms with Crippen molar-refractivity contribution in [1.82, 2.24) is 14.9 Å². The number of carbonyl (C=O) groups excluding carboxylic acids is 1. The van der Waals surface area contributed by atoms with Gasteiger partial charge in [-0.25, -0.2) is 8.42 Å². The second kappa shape index (κ2) is 21.6. The maximum Gasteiger partial charge on any atom is 0.241 e. The maximum absolute atomic E-state index is 13.9. The van der Waals surface area contributed by atoms with Gasteiger partial charge < -0.3 is 19.9 Å². The number of carbonyl (C=O) groups is 1. The van der Waals surface area contributed by atoms with E-state index in [0.29, 0.717) is 13.0 Å². The molecule has 4 atom stereocenters. The number of amides is 1. The summed E-state index contributed by atoms with van der Waals surface area (Å²) in [5.41, 5.74) is 9.73. The van der Waals surface area contributed by atoms with Crippen molar-refractivity contribution in [3.63, 3.8) is 0 Å². The van der Waals surface area contributed by atoms with Crippen molar-refractivity contribution in [1.29, 1.82) is 0 Å². The van der Waals surface area contributed by atoms with E-state index in [1.807, 2.05) is 122 Å². The highest BCUT2D eigenvalue weighted by atomic mass is 32.2. The third kappa shape index (κ3) is 12.3. The lowest BCUT2D eigenvalue weighted by molar-refractivity contribution is -0.253. The van der Waals surface area contributed by atoms with Crippen LogP contribution in [0.25, 0.3) is 11.1 Å². The number of sulfonamides is 1. The summed E-state index contributed by atoms with van der Waals surface area (Å²) < 4.78 is 43.3. The molecule has 1 saturated heterocycles. The molecule has 0 saturated carbocycles. The minimum absolute atomic E-state index is 0.0270. The normalized spacial score (nSPS) is 16.8. The molecule has 9 nitrogen and oxygen atoms in total. The largest absolute Gasteiger partial charge is 0.392 e. The smallest absolute Gasteiger partial charge is 0.241 e. The summed E-state index contributed by atoms with van der Waals surface area (Å²) in [7, 11) is -3.99.